The highest BCUT2D eigenvalue weighted by Gasteiger charge is 2.65. The number of ether oxygens (including phenoxy) is 1. The number of nitrogens with zero attached hydrogens (tertiary/aromatic N) is 1. The topological polar surface area (TPSA) is 69.7 Å². The van der Waals surface area contributed by atoms with Crippen LogP contribution in [0.2, 0.25) is 0 Å². The normalized spacial score (nSPS) is 36.3. The molecule has 3 aliphatic heterocycles. The van der Waals surface area contributed by atoms with Crippen molar-refractivity contribution >= 4 is 33.5 Å². The third-order valence-electron chi connectivity index (χ3n) is 4.52. The first-order valence-electron chi connectivity index (χ1n) is 6.67. The molecular weight excluding hydrogens is 338 g/mol. The van der Waals surface area contributed by atoms with Crippen LogP contribution in [0.1, 0.15) is 0 Å². The van der Waals surface area contributed by atoms with Crippen LogP contribution in [-0.2, 0) is 14.3 Å². The van der Waals surface area contributed by atoms with E-state index in [2.05, 4.69) is 15.9 Å². The Morgan fingerprint density at radius 3 is 2.90 bits per heavy atom. The molecule has 1 aromatic rings. The Kier molecular flexibility index (Phi) is 2.59. The number of hydrogen-bond acceptors (Lipinski definition) is 4. The van der Waals surface area contributed by atoms with Crippen LogP contribution >= 0.6 is 15.9 Å². The molecule has 4 atom stereocenters. The molecule has 1 amide bonds. The van der Waals surface area contributed by atoms with Crippen LogP contribution in [0.4, 0.5) is 5.69 Å². The van der Waals surface area contributed by atoms with Crippen molar-refractivity contribution in [2.24, 2.45) is 11.8 Å². The molecule has 1 aromatic carbocycles. The summed E-state index contributed by atoms with van der Waals surface area (Å²) in [7, 11) is 0. The second kappa shape index (κ2) is 4.18. The number of carbonyl (C=O) groups is 2. The van der Waals surface area contributed by atoms with E-state index in [1.165, 1.54) is 0 Å². The first-order chi connectivity index (χ1) is 10.0. The highest BCUT2D eigenvalue weighted by molar-refractivity contribution is 9.10. The van der Waals surface area contributed by atoms with Crippen molar-refractivity contribution in [1.29, 1.82) is 0 Å². The molecule has 6 heteroatoms. The predicted molar refractivity (Wildman–Crippen MR) is 75.2 cm³/mol. The largest absolute Gasteiger partial charge is 0.550 e. The summed E-state index contributed by atoms with van der Waals surface area (Å²) < 4.78 is 6.60. The second-order valence-electron chi connectivity index (χ2n) is 5.59. The van der Waals surface area contributed by atoms with E-state index in [4.69, 9.17) is 4.74 Å². The predicted octanol–water partition coefficient (Wildman–Crippen LogP) is 0.485. The van der Waals surface area contributed by atoms with E-state index in [0.29, 0.717) is 6.54 Å². The van der Waals surface area contributed by atoms with E-state index in [1.807, 2.05) is 30.3 Å². The van der Waals surface area contributed by atoms with Crippen molar-refractivity contribution in [2.75, 3.05) is 11.4 Å². The van der Waals surface area contributed by atoms with Crippen molar-refractivity contribution in [3.8, 4) is 0 Å². The lowest BCUT2D eigenvalue weighted by atomic mass is 9.77. The van der Waals surface area contributed by atoms with Gasteiger partial charge in [-0.15, -0.1) is 0 Å². The summed E-state index contributed by atoms with van der Waals surface area (Å²) in [5, 5.41) is 11.4. The number of rotatable bonds is 2. The monoisotopic (exact) mass is 348 g/mol. The van der Waals surface area contributed by atoms with Crippen LogP contribution in [0.3, 0.4) is 0 Å². The first kappa shape index (κ1) is 13.0. The summed E-state index contributed by atoms with van der Waals surface area (Å²) in [6, 6.07) is 7.37. The highest BCUT2D eigenvalue weighted by Crippen LogP contribution is 2.52. The number of halogens is 1. The zero-order valence-electron chi connectivity index (χ0n) is 10.9. The average Bonchev–Trinajstić information content (AvgIpc) is 3.08. The molecule has 0 N–H and O–H groups in total. The maximum atomic E-state index is 12.7. The standard InChI is InChI=1S/C15H12BrNO4/c16-8-3-1-2-4-9(8)17-7-15-6-5-10(21-15)11(14(19)20)12(15)13(17)18/h1-6,10-12H,7H2,(H,19,20)/p-1/t10-,11+,12-,15+/m1/s1. The molecule has 3 heterocycles. The molecule has 0 unspecified atom stereocenters. The average molecular weight is 349 g/mol. The van der Waals surface area contributed by atoms with E-state index in [0.717, 1.165) is 10.2 Å². The lowest BCUT2D eigenvalue weighted by molar-refractivity contribution is -0.313. The minimum absolute atomic E-state index is 0.219. The van der Waals surface area contributed by atoms with Crippen molar-refractivity contribution in [3.63, 3.8) is 0 Å². The van der Waals surface area contributed by atoms with Gasteiger partial charge in [0.2, 0.25) is 5.91 Å². The molecule has 4 rings (SSSR count). The summed E-state index contributed by atoms with van der Waals surface area (Å²) in [6.07, 6.45) is 3.01. The van der Waals surface area contributed by atoms with Crippen LogP contribution in [0, 0.1) is 11.8 Å². The quantitative estimate of drug-likeness (QED) is 0.729. The SMILES string of the molecule is O=C([O-])[C@H]1[C@H]2C=C[C@@]3(CN(c4ccccc4Br)C(=O)[C@@H]13)O2. The zero-order valence-corrected chi connectivity index (χ0v) is 12.4. The zero-order chi connectivity index (χ0) is 14.8. The Morgan fingerprint density at radius 2 is 2.19 bits per heavy atom. The molecular formula is C15H11BrNO4-. The Labute approximate surface area is 129 Å². The number of benzene rings is 1. The Morgan fingerprint density at radius 1 is 1.43 bits per heavy atom. The van der Waals surface area contributed by atoms with Crippen molar-refractivity contribution < 1.29 is 19.4 Å². The van der Waals surface area contributed by atoms with Gasteiger partial charge in [0, 0.05) is 16.4 Å². The Hall–Kier alpha value is -1.66. The molecule has 0 radical (unpaired) electrons. The number of carboxylic acid groups (broad SMARTS) is 1. The van der Waals surface area contributed by atoms with Crippen molar-refractivity contribution in [1.82, 2.24) is 0 Å². The number of carboxylic acids is 1. The summed E-state index contributed by atoms with van der Waals surface area (Å²) >= 11 is 3.43. The maximum absolute atomic E-state index is 12.7. The third kappa shape index (κ3) is 1.60. The van der Waals surface area contributed by atoms with Gasteiger partial charge in [0.25, 0.3) is 0 Å². The molecule has 0 saturated carbocycles. The molecule has 2 saturated heterocycles. The molecule has 108 valence electrons. The fourth-order valence-corrected chi connectivity index (χ4v) is 4.14. The smallest absolute Gasteiger partial charge is 0.234 e. The molecule has 5 nitrogen and oxygen atoms in total. The van der Waals surface area contributed by atoms with E-state index >= 15 is 0 Å². The molecule has 3 aliphatic rings. The van der Waals surface area contributed by atoms with Crippen molar-refractivity contribution in [2.45, 2.75) is 11.7 Å². The van der Waals surface area contributed by atoms with E-state index < -0.39 is 29.5 Å². The van der Waals surface area contributed by atoms with Gasteiger partial charge >= 0.3 is 0 Å². The fourth-order valence-electron chi connectivity index (χ4n) is 3.64. The van der Waals surface area contributed by atoms with Gasteiger partial charge in [-0.25, -0.2) is 0 Å². The number of hydrogen-bond donors (Lipinski definition) is 0. The number of amides is 1. The molecule has 2 fully saturated rings. The van der Waals surface area contributed by atoms with Crippen LogP contribution in [0.5, 0.6) is 0 Å². The van der Waals surface area contributed by atoms with Gasteiger partial charge in [-0.3, -0.25) is 4.79 Å². The summed E-state index contributed by atoms with van der Waals surface area (Å²) in [5.74, 6) is -3.05. The van der Waals surface area contributed by atoms with Crippen LogP contribution < -0.4 is 10.0 Å². The number of anilines is 1. The van der Waals surface area contributed by atoms with E-state index in [9.17, 15) is 14.7 Å². The fraction of sp³-hybridized carbons (Fsp3) is 0.333. The van der Waals surface area contributed by atoms with Gasteiger partial charge in [0.15, 0.2) is 0 Å². The highest BCUT2D eigenvalue weighted by atomic mass is 79.9. The van der Waals surface area contributed by atoms with Crippen LogP contribution in [0.15, 0.2) is 40.9 Å². The Bertz CT molecular complexity index is 688. The summed E-state index contributed by atoms with van der Waals surface area (Å²) in [6.45, 7) is 0.329. The van der Waals surface area contributed by atoms with Gasteiger partial charge < -0.3 is 19.5 Å². The first-order valence-corrected chi connectivity index (χ1v) is 7.47. The molecule has 21 heavy (non-hydrogen) atoms. The molecule has 0 aromatic heterocycles. The number of para-hydroxylation sites is 1. The summed E-state index contributed by atoms with van der Waals surface area (Å²) in [5.41, 5.74) is -0.106. The number of aliphatic carboxylic acids is 1. The number of fused-ring (bicyclic) bond motifs is 1. The van der Waals surface area contributed by atoms with E-state index in [-0.39, 0.29) is 5.91 Å². The second-order valence-corrected chi connectivity index (χ2v) is 6.45. The van der Waals surface area contributed by atoms with E-state index in [1.54, 1.807) is 11.0 Å². The van der Waals surface area contributed by atoms with Gasteiger partial charge in [0.05, 0.1) is 24.3 Å². The van der Waals surface area contributed by atoms with Crippen LogP contribution in [-0.4, -0.2) is 30.1 Å². The molecule has 2 bridgehead atoms. The Balaban J connectivity index is 1.78. The minimum atomic E-state index is -1.22. The van der Waals surface area contributed by atoms with Gasteiger partial charge in [0.1, 0.15) is 5.60 Å². The minimum Gasteiger partial charge on any atom is -0.550 e. The van der Waals surface area contributed by atoms with Crippen molar-refractivity contribution in [3.05, 3.63) is 40.9 Å². The van der Waals surface area contributed by atoms with Gasteiger partial charge in [-0.05, 0) is 28.1 Å². The van der Waals surface area contributed by atoms with Gasteiger partial charge in [-0.2, -0.15) is 0 Å². The summed E-state index contributed by atoms with van der Waals surface area (Å²) in [4.78, 5) is 25.7. The van der Waals surface area contributed by atoms with Crippen LogP contribution in [0.25, 0.3) is 0 Å². The maximum Gasteiger partial charge on any atom is 0.234 e. The van der Waals surface area contributed by atoms with Gasteiger partial charge in [-0.1, -0.05) is 24.3 Å². The number of carbonyl (C=O) groups excluding carboxylic acids is 2. The molecule has 1 spiro atoms. The molecule has 0 aliphatic carbocycles. The third-order valence-corrected chi connectivity index (χ3v) is 5.19. The lowest BCUT2D eigenvalue weighted by Gasteiger charge is -2.24. The lowest BCUT2D eigenvalue weighted by Crippen LogP contribution is -2.45.